The van der Waals surface area contributed by atoms with Crippen LogP contribution < -0.4 is 5.32 Å². The van der Waals surface area contributed by atoms with Gasteiger partial charge in [0.15, 0.2) is 0 Å². The number of nitrogens with one attached hydrogen (secondary N) is 1. The van der Waals surface area contributed by atoms with Crippen molar-refractivity contribution in [2.24, 2.45) is 0 Å². The highest BCUT2D eigenvalue weighted by atomic mass is 16.2. The summed E-state index contributed by atoms with van der Waals surface area (Å²) in [7, 11) is 5.90. The molecule has 0 saturated carbocycles. The number of carbonyl (C=O) groups excluding carboxylic acids is 1. The fraction of sp³-hybridized carbons (Fsp3) is 0.786. The zero-order valence-electron chi connectivity index (χ0n) is 13.0. The van der Waals surface area contributed by atoms with Gasteiger partial charge in [-0.25, -0.2) is 0 Å². The van der Waals surface area contributed by atoms with E-state index in [0.717, 1.165) is 32.6 Å². The molecular formula is C14H31N3O. The van der Waals surface area contributed by atoms with E-state index in [1.165, 1.54) is 0 Å². The summed E-state index contributed by atoms with van der Waals surface area (Å²) in [5.74, 6) is 0.156. The molecule has 1 amide bonds. The normalized spacial score (nSPS) is 13.4. The number of hydrogen-bond acceptors (Lipinski definition) is 3. The second kappa shape index (κ2) is 14.2. The maximum absolute atomic E-state index is 11.2. The summed E-state index contributed by atoms with van der Waals surface area (Å²) in [6, 6.07) is 0. The second-order valence-electron chi connectivity index (χ2n) is 4.05. The standard InChI is InChI=1S/C9H16N2O.C3H9N.C2H6/c1-10(2)6-3-5-9(12)11-7-4-8-11;1-3-4-2;1-2/h3,5H,4,6-8H2,1-2H3;4H,3H2,1-2H3;1-2H3/b5-3+;;. The molecule has 1 heterocycles. The van der Waals surface area contributed by atoms with E-state index in [0.29, 0.717) is 0 Å². The second-order valence-corrected chi connectivity index (χ2v) is 4.05. The monoisotopic (exact) mass is 257 g/mol. The Bertz CT molecular complexity index is 209. The molecule has 0 aliphatic carbocycles. The molecule has 0 aromatic carbocycles. The van der Waals surface area contributed by atoms with Crippen LogP contribution in [0.25, 0.3) is 0 Å². The summed E-state index contributed by atoms with van der Waals surface area (Å²) in [5.41, 5.74) is 0. The Morgan fingerprint density at radius 1 is 1.33 bits per heavy atom. The third-order valence-corrected chi connectivity index (χ3v) is 2.25. The van der Waals surface area contributed by atoms with E-state index in [-0.39, 0.29) is 5.91 Å². The molecule has 0 atom stereocenters. The number of amides is 1. The SMILES string of the molecule is CC.CCNC.CN(C)C/C=C/C(=O)N1CCC1. The van der Waals surface area contributed by atoms with Gasteiger partial charge in [-0.05, 0) is 34.1 Å². The van der Waals surface area contributed by atoms with Crippen molar-refractivity contribution < 1.29 is 4.79 Å². The lowest BCUT2D eigenvalue weighted by atomic mass is 10.2. The van der Waals surface area contributed by atoms with E-state index in [1.54, 1.807) is 6.08 Å². The molecule has 1 saturated heterocycles. The van der Waals surface area contributed by atoms with Gasteiger partial charge in [0.25, 0.3) is 0 Å². The first-order valence-electron chi connectivity index (χ1n) is 6.86. The zero-order chi connectivity index (χ0) is 14.4. The van der Waals surface area contributed by atoms with Crippen LogP contribution in [0.2, 0.25) is 0 Å². The number of hydrogen-bond donors (Lipinski definition) is 1. The summed E-state index contributed by atoms with van der Waals surface area (Å²) in [4.78, 5) is 15.1. The third kappa shape index (κ3) is 11.6. The maximum Gasteiger partial charge on any atom is 0.246 e. The van der Waals surface area contributed by atoms with Gasteiger partial charge in [-0.2, -0.15) is 0 Å². The van der Waals surface area contributed by atoms with Gasteiger partial charge in [0.05, 0.1) is 0 Å². The quantitative estimate of drug-likeness (QED) is 0.777. The molecule has 0 spiro atoms. The first kappa shape index (κ1) is 19.5. The van der Waals surface area contributed by atoms with Crippen molar-refractivity contribution in [1.82, 2.24) is 15.1 Å². The van der Waals surface area contributed by atoms with E-state index < -0.39 is 0 Å². The van der Waals surface area contributed by atoms with Crippen LogP contribution >= 0.6 is 0 Å². The van der Waals surface area contributed by atoms with Crippen LogP contribution in [0.15, 0.2) is 12.2 Å². The van der Waals surface area contributed by atoms with Crippen LogP contribution in [-0.2, 0) is 4.79 Å². The molecule has 18 heavy (non-hydrogen) atoms. The van der Waals surface area contributed by atoms with Gasteiger partial charge in [0, 0.05) is 25.7 Å². The Hall–Kier alpha value is -0.870. The molecule has 108 valence electrons. The molecule has 0 unspecified atom stereocenters. The fourth-order valence-corrected chi connectivity index (χ4v) is 1.01. The van der Waals surface area contributed by atoms with Crippen molar-refractivity contribution >= 4 is 5.91 Å². The Kier molecular flexibility index (Phi) is 15.4. The number of likely N-dealkylation sites (N-methyl/N-ethyl adjacent to an activating group) is 1. The van der Waals surface area contributed by atoms with Crippen LogP contribution in [0.4, 0.5) is 0 Å². The fourth-order valence-electron chi connectivity index (χ4n) is 1.01. The molecular weight excluding hydrogens is 226 g/mol. The van der Waals surface area contributed by atoms with Gasteiger partial charge in [-0.15, -0.1) is 0 Å². The lowest BCUT2D eigenvalue weighted by Gasteiger charge is -2.29. The molecule has 1 N–H and O–H groups in total. The van der Waals surface area contributed by atoms with Crippen LogP contribution in [0, 0.1) is 0 Å². The molecule has 0 aromatic rings. The molecule has 1 aliphatic heterocycles. The minimum absolute atomic E-state index is 0.156. The first-order chi connectivity index (χ1) is 8.61. The van der Waals surface area contributed by atoms with Gasteiger partial charge in [-0.3, -0.25) is 4.79 Å². The highest BCUT2D eigenvalue weighted by Crippen LogP contribution is 2.05. The van der Waals surface area contributed by atoms with Crippen molar-refractivity contribution in [2.45, 2.75) is 27.2 Å². The van der Waals surface area contributed by atoms with Gasteiger partial charge < -0.3 is 15.1 Å². The van der Waals surface area contributed by atoms with Gasteiger partial charge in [-0.1, -0.05) is 26.8 Å². The van der Waals surface area contributed by atoms with E-state index in [4.69, 9.17) is 0 Å². The molecule has 1 fully saturated rings. The zero-order valence-corrected chi connectivity index (χ0v) is 13.0. The van der Waals surface area contributed by atoms with E-state index in [1.807, 2.05) is 50.9 Å². The van der Waals surface area contributed by atoms with Gasteiger partial charge in [0.1, 0.15) is 0 Å². The lowest BCUT2D eigenvalue weighted by molar-refractivity contribution is -0.129. The topological polar surface area (TPSA) is 35.6 Å². The van der Waals surface area contributed by atoms with Crippen LogP contribution in [0.1, 0.15) is 27.2 Å². The summed E-state index contributed by atoms with van der Waals surface area (Å²) >= 11 is 0. The highest BCUT2D eigenvalue weighted by molar-refractivity contribution is 5.88. The molecule has 4 heteroatoms. The Balaban J connectivity index is 0. The van der Waals surface area contributed by atoms with Gasteiger partial charge in [0.2, 0.25) is 5.91 Å². The number of rotatable bonds is 4. The Labute approximate surface area is 113 Å². The summed E-state index contributed by atoms with van der Waals surface area (Å²) in [6.45, 7) is 9.84. The van der Waals surface area contributed by atoms with Crippen LogP contribution in [0.3, 0.4) is 0 Å². The average molecular weight is 257 g/mol. The molecule has 1 rings (SSSR count). The molecule has 4 nitrogen and oxygen atoms in total. The summed E-state index contributed by atoms with van der Waals surface area (Å²) in [6.07, 6.45) is 4.73. The smallest absolute Gasteiger partial charge is 0.246 e. The van der Waals surface area contributed by atoms with E-state index in [2.05, 4.69) is 12.2 Å². The first-order valence-corrected chi connectivity index (χ1v) is 6.86. The van der Waals surface area contributed by atoms with Crippen LogP contribution in [-0.4, -0.2) is 63.0 Å². The molecule has 0 aromatic heterocycles. The van der Waals surface area contributed by atoms with Crippen molar-refractivity contribution in [3.63, 3.8) is 0 Å². The lowest BCUT2D eigenvalue weighted by Crippen LogP contribution is -2.41. The molecule has 0 bridgehead atoms. The van der Waals surface area contributed by atoms with Crippen molar-refractivity contribution in [3.05, 3.63) is 12.2 Å². The van der Waals surface area contributed by atoms with Crippen LogP contribution in [0.5, 0.6) is 0 Å². The average Bonchev–Trinajstić information content (AvgIpc) is 2.29. The minimum atomic E-state index is 0.156. The largest absolute Gasteiger partial charge is 0.339 e. The van der Waals surface area contributed by atoms with E-state index in [9.17, 15) is 4.79 Å². The minimum Gasteiger partial charge on any atom is -0.339 e. The molecule has 0 radical (unpaired) electrons. The number of nitrogens with zero attached hydrogens (tertiary/aromatic N) is 2. The van der Waals surface area contributed by atoms with E-state index >= 15 is 0 Å². The van der Waals surface area contributed by atoms with Crippen molar-refractivity contribution in [3.8, 4) is 0 Å². The predicted octanol–water partition coefficient (Wildman–Crippen LogP) is 1.59. The third-order valence-electron chi connectivity index (χ3n) is 2.25. The number of carbonyl (C=O) groups is 1. The summed E-state index contributed by atoms with van der Waals surface area (Å²) in [5, 5.41) is 2.93. The maximum atomic E-state index is 11.2. The van der Waals surface area contributed by atoms with Crippen molar-refractivity contribution in [2.75, 3.05) is 47.3 Å². The van der Waals surface area contributed by atoms with Gasteiger partial charge >= 0.3 is 0 Å². The summed E-state index contributed by atoms with van der Waals surface area (Å²) < 4.78 is 0. The Morgan fingerprint density at radius 2 is 1.83 bits per heavy atom. The highest BCUT2D eigenvalue weighted by Gasteiger charge is 2.16. The predicted molar refractivity (Wildman–Crippen MR) is 79.8 cm³/mol. The Morgan fingerprint density at radius 3 is 2.11 bits per heavy atom. The molecule has 1 aliphatic rings. The number of likely N-dealkylation sites (tertiary alicyclic amines) is 1. The van der Waals surface area contributed by atoms with Crippen molar-refractivity contribution in [1.29, 1.82) is 0 Å².